The summed E-state index contributed by atoms with van der Waals surface area (Å²) in [4.78, 5) is 18.3. The van der Waals surface area contributed by atoms with E-state index in [4.69, 9.17) is 28.9 Å². The summed E-state index contributed by atoms with van der Waals surface area (Å²) in [5, 5.41) is 1.02. The molecule has 7 heteroatoms. The van der Waals surface area contributed by atoms with E-state index in [1.165, 1.54) is 0 Å². The first-order valence-corrected chi connectivity index (χ1v) is 8.98. The average molecular weight is 383 g/mol. The minimum absolute atomic E-state index is 0.0852. The number of carbonyl (C=O) groups excluding carboxylic acids is 1. The van der Waals surface area contributed by atoms with Crippen LogP contribution in [0.5, 0.6) is 0 Å². The van der Waals surface area contributed by atoms with Crippen molar-refractivity contribution in [3.63, 3.8) is 0 Å². The fourth-order valence-corrected chi connectivity index (χ4v) is 3.40. The van der Waals surface area contributed by atoms with E-state index in [1.54, 1.807) is 12.4 Å². The normalized spacial score (nSPS) is 12.8. The molecule has 0 saturated carbocycles. The largest absolute Gasteiger partial charge is 0.368 e. The predicted octanol–water partition coefficient (Wildman–Crippen LogP) is 3.28. The number of imidazole rings is 1. The topological polar surface area (TPSA) is 64.2 Å². The van der Waals surface area contributed by atoms with Gasteiger partial charge >= 0.3 is 0 Å². The molecule has 2 N–H and O–H groups in total. The van der Waals surface area contributed by atoms with Gasteiger partial charge in [0.2, 0.25) is 5.91 Å². The van der Waals surface area contributed by atoms with Crippen LogP contribution in [0, 0.1) is 5.92 Å². The van der Waals surface area contributed by atoms with Crippen molar-refractivity contribution in [1.29, 1.82) is 0 Å². The Labute approximate surface area is 158 Å². The number of rotatable bonds is 8. The summed E-state index contributed by atoms with van der Waals surface area (Å²) in [5.74, 6) is -0.250. The first kappa shape index (κ1) is 19.8. The van der Waals surface area contributed by atoms with Crippen LogP contribution in [0.3, 0.4) is 0 Å². The van der Waals surface area contributed by atoms with Crippen molar-refractivity contribution in [1.82, 2.24) is 14.5 Å². The van der Waals surface area contributed by atoms with Gasteiger partial charge in [-0.15, -0.1) is 0 Å². The highest BCUT2D eigenvalue weighted by molar-refractivity contribution is 6.42. The molecule has 0 bridgehead atoms. The fraction of sp³-hybridized carbons (Fsp3) is 0.444. The molecule has 1 aromatic carbocycles. The van der Waals surface area contributed by atoms with Gasteiger partial charge in [-0.3, -0.25) is 9.69 Å². The van der Waals surface area contributed by atoms with Crippen molar-refractivity contribution in [3.05, 3.63) is 52.0 Å². The Morgan fingerprint density at radius 3 is 2.64 bits per heavy atom. The summed E-state index contributed by atoms with van der Waals surface area (Å²) >= 11 is 12.5. The lowest BCUT2D eigenvalue weighted by molar-refractivity contribution is -0.125. The second-order valence-corrected chi connectivity index (χ2v) is 7.31. The first-order chi connectivity index (χ1) is 11.8. The second-order valence-electron chi connectivity index (χ2n) is 6.52. The van der Waals surface area contributed by atoms with E-state index in [-0.39, 0.29) is 17.9 Å². The Morgan fingerprint density at radius 2 is 2.08 bits per heavy atom. The molecule has 0 aliphatic heterocycles. The number of primary amides is 1. The molecule has 2 rings (SSSR count). The third-order valence-electron chi connectivity index (χ3n) is 4.29. The lowest BCUT2D eigenvalue weighted by Crippen LogP contribution is -2.48. The summed E-state index contributed by atoms with van der Waals surface area (Å²) in [6.07, 6.45) is 4.35. The van der Waals surface area contributed by atoms with Crippen molar-refractivity contribution in [3.8, 4) is 0 Å². The van der Waals surface area contributed by atoms with Gasteiger partial charge in [0.1, 0.15) is 0 Å². The van der Waals surface area contributed by atoms with Gasteiger partial charge in [-0.05, 0) is 17.5 Å². The molecule has 136 valence electrons. The maximum Gasteiger partial charge on any atom is 0.235 e. The zero-order chi connectivity index (χ0) is 18.6. The Bertz CT molecular complexity index is 730. The predicted molar refractivity (Wildman–Crippen MR) is 102 cm³/mol. The Morgan fingerprint density at radius 1 is 1.36 bits per heavy atom. The second kappa shape index (κ2) is 8.70. The molecule has 0 spiro atoms. The van der Waals surface area contributed by atoms with Gasteiger partial charge in [0.25, 0.3) is 0 Å². The van der Waals surface area contributed by atoms with Crippen LogP contribution in [-0.2, 0) is 24.8 Å². The van der Waals surface area contributed by atoms with E-state index in [0.29, 0.717) is 23.1 Å². The number of aryl methyl sites for hydroxylation is 1. The number of nitrogens with two attached hydrogens (primary N) is 1. The number of hydrogen-bond donors (Lipinski definition) is 1. The smallest absolute Gasteiger partial charge is 0.235 e. The summed E-state index contributed by atoms with van der Waals surface area (Å²) < 4.78 is 1.97. The Kier molecular flexibility index (Phi) is 6.87. The number of hydrogen-bond acceptors (Lipinski definition) is 3. The summed E-state index contributed by atoms with van der Waals surface area (Å²) in [6, 6.07) is 5.14. The molecule has 1 amide bonds. The van der Waals surface area contributed by atoms with Gasteiger partial charge in [-0.25, -0.2) is 4.98 Å². The van der Waals surface area contributed by atoms with Gasteiger partial charge in [0.15, 0.2) is 0 Å². The molecule has 25 heavy (non-hydrogen) atoms. The minimum Gasteiger partial charge on any atom is -0.368 e. The van der Waals surface area contributed by atoms with Gasteiger partial charge in [-0.1, -0.05) is 49.2 Å². The first-order valence-electron chi connectivity index (χ1n) is 8.22. The summed E-state index contributed by atoms with van der Waals surface area (Å²) in [6.45, 7) is 5.15. The third kappa shape index (κ3) is 4.97. The standard InChI is InChI=1S/C18H24Cl2N4O/c1-12(2)17(18(21)25)24(8-7-14-9-22-11-23(14)3)10-13-5-4-6-15(19)16(13)20/h4-6,9,11-12,17H,7-8,10H2,1-3H3,(H2,21,25)/t17-/m0/s1. The fourth-order valence-electron chi connectivity index (χ4n) is 3.02. The van der Waals surface area contributed by atoms with Crippen LogP contribution in [0.2, 0.25) is 10.0 Å². The maximum atomic E-state index is 12.1. The van der Waals surface area contributed by atoms with Crippen molar-refractivity contribution < 1.29 is 4.79 Å². The van der Waals surface area contributed by atoms with Crippen molar-refractivity contribution >= 4 is 29.1 Å². The highest BCUT2D eigenvalue weighted by Gasteiger charge is 2.27. The zero-order valence-corrected chi connectivity index (χ0v) is 16.3. The quantitative estimate of drug-likeness (QED) is 0.761. The highest BCUT2D eigenvalue weighted by atomic mass is 35.5. The molecule has 0 aliphatic rings. The van der Waals surface area contributed by atoms with Crippen LogP contribution in [-0.4, -0.2) is 32.9 Å². The van der Waals surface area contributed by atoms with Gasteiger partial charge < -0.3 is 10.3 Å². The van der Waals surface area contributed by atoms with Crippen molar-refractivity contribution in [2.24, 2.45) is 18.7 Å². The molecule has 0 radical (unpaired) electrons. The van der Waals surface area contributed by atoms with Gasteiger partial charge in [-0.2, -0.15) is 0 Å². The number of aromatic nitrogens is 2. The molecule has 1 atom stereocenters. The van der Waals surface area contributed by atoms with E-state index >= 15 is 0 Å². The lowest BCUT2D eigenvalue weighted by Gasteiger charge is -2.32. The average Bonchev–Trinajstić information content (AvgIpc) is 2.93. The molecule has 1 aromatic heterocycles. The molecule has 0 aliphatic carbocycles. The van der Waals surface area contributed by atoms with Gasteiger partial charge in [0, 0.05) is 38.4 Å². The molecular weight excluding hydrogens is 359 g/mol. The number of nitrogens with zero attached hydrogens (tertiary/aromatic N) is 3. The Hall–Kier alpha value is -1.56. The van der Waals surface area contributed by atoms with Crippen LogP contribution < -0.4 is 5.73 Å². The maximum absolute atomic E-state index is 12.1. The Balaban J connectivity index is 2.26. The van der Waals surface area contributed by atoms with Crippen LogP contribution in [0.25, 0.3) is 0 Å². The number of benzene rings is 1. The number of amides is 1. The number of halogens is 2. The molecule has 0 fully saturated rings. The van der Waals surface area contributed by atoms with Crippen molar-refractivity contribution in [2.75, 3.05) is 6.54 Å². The molecule has 2 aromatic rings. The molecule has 0 saturated heterocycles. The summed E-state index contributed by atoms with van der Waals surface area (Å²) in [7, 11) is 1.95. The molecular formula is C18H24Cl2N4O. The van der Waals surface area contributed by atoms with E-state index in [1.807, 2.05) is 43.8 Å². The van der Waals surface area contributed by atoms with E-state index in [2.05, 4.69) is 9.88 Å². The van der Waals surface area contributed by atoms with E-state index in [0.717, 1.165) is 17.7 Å². The highest BCUT2D eigenvalue weighted by Crippen LogP contribution is 2.27. The van der Waals surface area contributed by atoms with Crippen LogP contribution >= 0.6 is 23.2 Å². The van der Waals surface area contributed by atoms with E-state index in [9.17, 15) is 4.79 Å². The van der Waals surface area contributed by atoms with Gasteiger partial charge in [0.05, 0.1) is 22.4 Å². The lowest BCUT2D eigenvalue weighted by atomic mass is 10.0. The molecule has 5 nitrogen and oxygen atoms in total. The zero-order valence-electron chi connectivity index (χ0n) is 14.7. The van der Waals surface area contributed by atoms with Crippen LogP contribution in [0.15, 0.2) is 30.7 Å². The third-order valence-corrected chi connectivity index (χ3v) is 5.15. The molecule has 0 unspecified atom stereocenters. The number of carbonyl (C=O) groups is 1. The van der Waals surface area contributed by atoms with E-state index < -0.39 is 0 Å². The van der Waals surface area contributed by atoms with Crippen LogP contribution in [0.1, 0.15) is 25.1 Å². The monoisotopic (exact) mass is 382 g/mol. The van der Waals surface area contributed by atoms with Crippen LogP contribution in [0.4, 0.5) is 0 Å². The minimum atomic E-state index is -0.386. The van der Waals surface area contributed by atoms with Crippen molar-refractivity contribution in [2.45, 2.75) is 32.9 Å². The SMILES string of the molecule is CC(C)[C@@H](C(N)=O)N(CCc1cncn1C)Cc1cccc(Cl)c1Cl. The summed E-state index contributed by atoms with van der Waals surface area (Å²) in [5.41, 5.74) is 7.65. The molecule has 1 heterocycles.